The Morgan fingerprint density at radius 1 is 1.43 bits per heavy atom. The van der Waals surface area contributed by atoms with E-state index in [0.29, 0.717) is 5.95 Å². The summed E-state index contributed by atoms with van der Waals surface area (Å²) in [5, 5.41) is 8.32. The van der Waals surface area contributed by atoms with E-state index in [1.165, 1.54) is 5.56 Å². The highest BCUT2D eigenvalue weighted by Crippen LogP contribution is 2.42. The van der Waals surface area contributed by atoms with Gasteiger partial charge in [-0.15, -0.1) is 16.9 Å². The van der Waals surface area contributed by atoms with Gasteiger partial charge in [0.2, 0.25) is 15.0 Å². The Morgan fingerprint density at radius 2 is 2.30 bits per heavy atom. The first-order valence-corrected chi connectivity index (χ1v) is 9.84. The fourth-order valence-electron chi connectivity index (χ4n) is 2.61. The third-order valence-electron chi connectivity index (χ3n) is 3.72. The van der Waals surface area contributed by atoms with Crippen molar-refractivity contribution in [3.8, 4) is 5.75 Å². The number of nitrogens with zero attached hydrogens (tertiary/aromatic N) is 3. The minimum atomic E-state index is -3.40. The Labute approximate surface area is 137 Å². The lowest BCUT2D eigenvalue weighted by Crippen LogP contribution is -2.18. The summed E-state index contributed by atoms with van der Waals surface area (Å²) in [5.74, 6) is 1.28. The van der Waals surface area contributed by atoms with Gasteiger partial charge in [0.05, 0.1) is 6.61 Å². The van der Waals surface area contributed by atoms with Gasteiger partial charge in [0.15, 0.2) is 0 Å². The number of ether oxygens (including phenoxy) is 1. The van der Waals surface area contributed by atoms with Gasteiger partial charge in [-0.05, 0) is 28.7 Å². The highest BCUT2D eigenvalue weighted by Gasteiger charge is 2.28. The lowest BCUT2D eigenvalue weighted by atomic mass is 10.1. The molecule has 4 rings (SSSR count). The Balaban J connectivity index is 1.66. The first-order valence-electron chi connectivity index (χ1n) is 7.01. The zero-order chi connectivity index (χ0) is 16.0. The molecule has 120 valence electrons. The Hall–Kier alpha value is -2.00. The second kappa shape index (κ2) is 5.27. The number of aromatic amines is 1. The predicted octanol–water partition coefficient (Wildman–Crippen LogP) is 1.87. The summed E-state index contributed by atoms with van der Waals surface area (Å²) in [6.45, 7) is 0.719. The molecule has 1 aromatic heterocycles. The minimum absolute atomic E-state index is 0.0240. The van der Waals surface area contributed by atoms with Gasteiger partial charge in [0.25, 0.3) is 5.95 Å². The van der Waals surface area contributed by atoms with Gasteiger partial charge in [-0.25, -0.2) is 13.5 Å². The molecule has 0 saturated heterocycles. The number of rotatable bonds is 3. The molecule has 1 atom stereocenters. The summed E-state index contributed by atoms with van der Waals surface area (Å²) in [6, 6.07) is 6.13. The quantitative estimate of drug-likeness (QED) is 0.904. The number of fused-ring (bicyclic) bond motifs is 1. The van der Waals surface area contributed by atoms with Crippen LogP contribution in [0.2, 0.25) is 0 Å². The predicted molar refractivity (Wildman–Crippen MR) is 87.1 cm³/mol. The molecule has 1 N–H and O–H groups in total. The third kappa shape index (κ3) is 2.59. The molecule has 0 fully saturated rings. The maximum absolute atomic E-state index is 11.6. The zero-order valence-corrected chi connectivity index (χ0v) is 13.9. The zero-order valence-electron chi connectivity index (χ0n) is 12.3. The van der Waals surface area contributed by atoms with Gasteiger partial charge in [-0.1, -0.05) is 6.07 Å². The van der Waals surface area contributed by atoms with Crippen molar-refractivity contribution in [3.63, 3.8) is 0 Å². The lowest BCUT2D eigenvalue weighted by molar-refractivity contribution is 0.357. The number of hydrogen-bond acceptors (Lipinski definition) is 7. The number of aromatic nitrogens is 3. The average Bonchev–Trinajstić information content (AvgIpc) is 3.24. The van der Waals surface area contributed by atoms with Crippen LogP contribution in [0.5, 0.6) is 5.75 Å². The number of hydrogen-bond donors (Lipinski definition) is 1. The molecule has 0 spiro atoms. The first-order chi connectivity index (χ1) is 11.0. The summed E-state index contributed by atoms with van der Waals surface area (Å²) in [4.78, 5) is 5.95. The van der Waals surface area contributed by atoms with Crippen molar-refractivity contribution in [2.24, 2.45) is 0 Å². The second-order valence-corrected chi connectivity index (χ2v) is 8.28. The van der Waals surface area contributed by atoms with Gasteiger partial charge >= 0.3 is 0 Å². The molecule has 0 radical (unpaired) electrons. The van der Waals surface area contributed by atoms with Crippen LogP contribution < -0.4 is 9.64 Å². The fraction of sp³-hybridized carbons (Fsp3) is 0.286. The van der Waals surface area contributed by atoms with E-state index in [2.05, 4.69) is 21.2 Å². The van der Waals surface area contributed by atoms with Crippen molar-refractivity contribution in [1.29, 1.82) is 0 Å². The molecule has 1 aromatic carbocycles. The van der Waals surface area contributed by atoms with Crippen LogP contribution in [0.25, 0.3) is 0 Å². The summed E-state index contributed by atoms with van der Waals surface area (Å²) in [7, 11) is -3.40. The Kier molecular flexibility index (Phi) is 3.34. The van der Waals surface area contributed by atoms with Crippen molar-refractivity contribution in [2.75, 3.05) is 17.8 Å². The monoisotopic (exact) mass is 350 g/mol. The van der Waals surface area contributed by atoms with E-state index < -0.39 is 9.84 Å². The molecule has 1 unspecified atom stereocenters. The maximum atomic E-state index is 11.6. The number of benzene rings is 1. The molecule has 2 aliphatic heterocycles. The third-order valence-corrected chi connectivity index (χ3v) is 5.64. The molecule has 2 aliphatic rings. The van der Waals surface area contributed by atoms with Crippen LogP contribution in [0.4, 0.5) is 5.95 Å². The Morgan fingerprint density at radius 3 is 3.09 bits per heavy atom. The average molecular weight is 350 g/mol. The van der Waals surface area contributed by atoms with Crippen molar-refractivity contribution in [1.82, 2.24) is 15.2 Å². The summed E-state index contributed by atoms with van der Waals surface area (Å²) in [6.07, 6.45) is 3.87. The number of nitrogens with one attached hydrogen (secondary N) is 1. The summed E-state index contributed by atoms with van der Waals surface area (Å²) in [5.41, 5.74) is 2.30. The van der Waals surface area contributed by atoms with Crippen molar-refractivity contribution >= 4 is 27.5 Å². The van der Waals surface area contributed by atoms with Crippen LogP contribution in [-0.2, 0) is 16.3 Å². The van der Waals surface area contributed by atoms with Gasteiger partial charge in [0, 0.05) is 18.9 Å². The van der Waals surface area contributed by atoms with E-state index in [0.717, 1.165) is 30.6 Å². The highest BCUT2D eigenvalue weighted by molar-refractivity contribution is 8.02. The molecule has 2 aromatic rings. The highest BCUT2D eigenvalue weighted by atomic mass is 32.2. The largest absolute Gasteiger partial charge is 0.493 e. The maximum Gasteiger partial charge on any atom is 0.250 e. The van der Waals surface area contributed by atoms with Crippen LogP contribution in [0, 0.1) is 0 Å². The van der Waals surface area contributed by atoms with E-state index in [-0.39, 0.29) is 10.5 Å². The first kappa shape index (κ1) is 14.6. The van der Waals surface area contributed by atoms with Crippen LogP contribution in [0.15, 0.2) is 35.0 Å². The van der Waals surface area contributed by atoms with Crippen molar-refractivity contribution in [3.05, 3.63) is 40.9 Å². The summed E-state index contributed by atoms with van der Waals surface area (Å²) < 4.78 is 28.6. The number of sulfone groups is 1. The van der Waals surface area contributed by atoms with Crippen molar-refractivity contribution < 1.29 is 13.2 Å². The standard InChI is InChI=1S/C14H14N4O3S2/c1-23(19,20)14-15-13(16-17-14)18-5-7-22-12(18)10-2-3-11-9(8-10)4-6-21-11/h2-3,5,7-8,12H,4,6H2,1H3,(H,15,16,17). The van der Waals surface area contributed by atoms with Gasteiger partial charge in [0.1, 0.15) is 11.1 Å². The molecule has 7 nitrogen and oxygen atoms in total. The van der Waals surface area contributed by atoms with Gasteiger partial charge < -0.3 is 4.74 Å². The molecule has 0 amide bonds. The SMILES string of the molecule is CS(=O)(=O)c1nc(N2C=CSC2c2ccc3c(c2)CCO3)n[nH]1. The van der Waals surface area contributed by atoms with Crippen LogP contribution in [0.1, 0.15) is 16.5 Å². The van der Waals surface area contributed by atoms with Gasteiger partial charge in [-0.2, -0.15) is 4.98 Å². The molecular weight excluding hydrogens is 336 g/mol. The normalized spacial score (nSPS) is 19.9. The molecular formula is C14H14N4O3S2. The van der Waals surface area contributed by atoms with E-state index in [1.807, 2.05) is 28.6 Å². The topological polar surface area (TPSA) is 88.2 Å². The minimum Gasteiger partial charge on any atom is -0.493 e. The Bertz CT molecular complexity index is 891. The smallest absolute Gasteiger partial charge is 0.250 e. The molecule has 0 saturated carbocycles. The molecule has 0 aliphatic carbocycles. The molecule has 0 bridgehead atoms. The van der Waals surface area contributed by atoms with Crippen LogP contribution in [-0.4, -0.2) is 36.5 Å². The van der Waals surface area contributed by atoms with Crippen LogP contribution >= 0.6 is 11.8 Å². The molecule has 3 heterocycles. The van der Waals surface area contributed by atoms with Gasteiger partial charge in [-0.3, -0.25) is 4.90 Å². The van der Waals surface area contributed by atoms with E-state index in [9.17, 15) is 8.42 Å². The number of thioether (sulfide) groups is 1. The molecule has 23 heavy (non-hydrogen) atoms. The number of H-pyrrole nitrogens is 1. The number of anilines is 1. The summed E-state index contributed by atoms with van der Waals surface area (Å²) >= 11 is 1.62. The van der Waals surface area contributed by atoms with Crippen LogP contribution in [0.3, 0.4) is 0 Å². The lowest BCUT2D eigenvalue weighted by Gasteiger charge is -2.22. The second-order valence-electron chi connectivity index (χ2n) is 5.36. The molecule has 9 heteroatoms. The van der Waals surface area contributed by atoms with E-state index in [4.69, 9.17) is 4.74 Å². The van der Waals surface area contributed by atoms with E-state index in [1.54, 1.807) is 11.8 Å². The fourth-order valence-corrected chi connectivity index (χ4v) is 4.02. The van der Waals surface area contributed by atoms with E-state index >= 15 is 0 Å². The van der Waals surface area contributed by atoms with Crippen molar-refractivity contribution in [2.45, 2.75) is 17.0 Å².